The lowest BCUT2D eigenvalue weighted by atomic mass is 9.91. The number of ether oxygens (including phenoxy) is 3. The summed E-state index contributed by atoms with van der Waals surface area (Å²) in [6.07, 6.45) is -2.28. The summed E-state index contributed by atoms with van der Waals surface area (Å²) in [5, 5.41) is 16.6. The Morgan fingerprint density at radius 3 is 2.65 bits per heavy atom. The fourth-order valence-electron chi connectivity index (χ4n) is 5.07. The number of nitrogen functional groups attached to an aromatic ring is 1. The summed E-state index contributed by atoms with van der Waals surface area (Å²) in [4.78, 5) is 36.1. The summed E-state index contributed by atoms with van der Waals surface area (Å²) in [7, 11) is -4.03. The number of imidazole rings is 1. The molecule has 1 amide bonds. The zero-order valence-electron chi connectivity index (χ0n) is 29.5. The minimum absolute atomic E-state index is 0.0471. The van der Waals surface area contributed by atoms with Crippen LogP contribution in [0, 0.1) is 5.41 Å². The number of alkyl halides is 1. The maximum atomic E-state index is 14.0. The average Bonchev–Trinajstić information content (AvgIpc) is 3.58. The number of nitrogens with one attached hydrogen (secondary N) is 2. The van der Waals surface area contributed by atoms with Crippen LogP contribution in [-0.4, -0.2) is 91.1 Å². The third-order valence-electron chi connectivity index (χ3n) is 7.88. The van der Waals surface area contributed by atoms with Crippen LogP contribution in [0.4, 0.5) is 10.7 Å². The molecule has 0 bridgehead atoms. The van der Waals surface area contributed by atoms with Gasteiger partial charge in [-0.2, -0.15) is 9.97 Å². The zero-order chi connectivity index (χ0) is 37.4. The first kappa shape index (κ1) is 40.7. The monoisotopic (exact) mass is 771 g/mol. The highest BCUT2D eigenvalue weighted by Crippen LogP contribution is 2.48. The van der Waals surface area contributed by atoms with E-state index in [2.05, 4.69) is 25.4 Å². The number of alkyl carbamates (subject to hydrolysis) is 1. The van der Waals surface area contributed by atoms with Gasteiger partial charge >= 0.3 is 13.8 Å². The molecule has 3 heterocycles. The number of hydrogen-bond acceptors (Lipinski definition) is 14. The minimum atomic E-state index is -4.03. The molecule has 5 atom stereocenters. The van der Waals surface area contributed by atoms with Gasteiger partial charge in [0, 0.05) is 24.3 Å². The fraction of sp³-hybridized carbons (Fsp3) is 0.594. The van der Waals surface area contributed by atoms with Gasteiger partial charge in [0.25, 0.3) is 0 Å². The number of amides is 1. The van der Waals surface area contributed by atoms with E-state index in [0.29, 0.717) is 18.5 Å². The van der Waals surface area contributed by atoms with Gasteiger partial charge in [-0.25, -0.2) is 19.4 Å². The van der Waals surface area contributed by atoms with Gasteiger partial charge in [0.1, 0.15) is 17.1 Å². The lowest BCUT2D eigenvalue weighted by Gasteiger charge is -2.26. The predicted octanol–water partition coefficient (Wildman–Crippen LogP) is 4.80. The van der Waals surface area contributed by atoms with E-state index in [9.17, 15) is 19.3 Å². The number of thioether (sulfide) groups is 1. The molecule has 1 fully saturated rings. The first-order valence-electron chi connectivity index (χ1n) is 16.5. The third kappa shape index (κ3) is 10.8. The van der Waals surface area contributed by atoms with Crippen molar-refractivity contribution < 1.29 is 42.5 Å². The van der Waals surface area contributed by atoms with Gasteiger partial charge in [0.2, 0.25) is 11.8 Å². The average molecular weight is 772 g/mol. The number of aliphatic hydroxyl groups excluding tert-OH is 1. The molecule has 0 spiro atoms. The number of aromatic nitrogens is 4. The highest BCUT2D eigenvalue weighted by molar-refractivity contribution is 8.13. The van der Waals surface area contributed by atoms with E-state index in [4.69, 9.17) is 40.6 Å². The molecule has 0 saturated carbocycles. The van der Waals surface area contributed by atoms with Gasteiger partial charge in [-0.15, -0.1) is 11.6 Å². The molecule has 3 aromatic rings. The molecule has 1 aliphatic rings. The molecule has 16 nitrogen and oxygen atoms in total. The largest absolute Gasteiger partial charge is 0.476 e. The molecule has 1 saturated heterocycles. The molecule has 5 N–H and O–H groups in total. The smallest absolute Gasteiger partial charge is 0.407 e. The first-order valence-corrected chi connectivity index (χ1v) is 19.4. The number of hydrogen-bond donors (Lipinski definition) is 4. The van der Waals surface area contributed by atoms with Gasteiger partial charge in [-0.1, -0.05) is 55.9 Å². The number of carbonyl (C=O) groups excluding carboxylic acids is 2. The van der Waals surface area contributed by atoms with Crippen LogP contribution in [0.1, 0.15) is 59.8 Å². The van der Waals surface area contributed by atoms with Crippen molar-refractivity contribution in [3.05, 3.63) is 42.2 Å². The number of halogens is 1. The van der Waals surface area contributed by atoms with Crippen LogP contribution >= 0.6 is 31.1 Å². The normalized spacial score (nSPS) is 21.9. The molecular formula is C32H47ClN7O9PS. The Kier molecular flexibility index (Phi) is 14.1. The van der Waals surface area contributed by atoms with Crippen LogP contribution in [0.2, 0.25) is 0 Å². The second-order valence-electron chi connectivity index (χ2n) is 12.9. The second-order valence-corrected chi connectivity index (χ2v) is 16.6. The van der Waals surface area contributed by atoms with Crippen LogP contribution in [0.3, 0.4) is 0 Å². The SMILES string of the molecule is CCOc1nc(N)nc2c1ncn2[C@@H]1O[C@H](COP(=O)(NCc2ccccc2)OCCSC(=O)C(C)(C)CCNC(=O)OC(C)C)[C@@H](O)[C@@]1(C)Cl. The molecule has 1 aromatic carbocycles. The number of anilines is 1. The van der Waals surface area contributed by atoms with Crippen molar-refractivity contribution >= 4 is 59.4 Å². The fourth-order valence-corrected chi connectivity index (χ4v) is 7.65. The Bertz CT molecular complexity index is 1680. The number of carbonyl (C=O) groups is 2. The highest BCUT2D eigenvalue weighted by Gasteiger charge is 2.54. The predicted molar refractivity (Wildman–Crippen MR) is 193 cm³/mol. The van der Waals surface area contributed by atoms with Gasteiger partial charge in [-0.3, -0.25) is 18.4 Å². The third-order valence-corrected chi connectivity index (χ3v) is 11.0. The lowest BCUT2D eigenvalue weighted by Crippen LogP contribution is -2.40. The van der Waals surface area contributed by atoms with E-state index in [1.807, 2.05) is 30.3 Å². The standard InChI is InChI=1S/C32H47ClN7O9PS/c1-7-45-26-23-25(38-29(34)39-26)40(19-36-23)27-32(6,33)24(41)22(49-27)18-47-50(44,37-17-21-11-9-8-10-12-21)46-15-16-51-28(42)31(4,5)13-14-35-30(43)48-20(2)3/h8-12,19-20,22,24,27,41H,7,13-18H2,1-6H3,(H,35,43)(H,37,44)(H2,34,38,39)/t22-,24-,27-,32-,50?/m1/s1. The number of rotatable bonds is 18. The van der Waals surface area contributed by atoms with Crippen LogP contribution in [-0.2, 0) is 34.4 Å². The van der Waals surface area contributed by atoms with E-state index in [0.717, 1.165) is 17.3 Å². The molecule has 1 aliphatic heterocycles. The molecule has 51 heavy (non-hydrogen) atoms. The van der Waals surface area contributed by atoms with Crippen molar-refractivity contribution in [3.8, 4) is 5.88 Å². The highest BCUT2D eigenvalue weighted by atomic mass is 35.5. The summed E-state index contributed by atoms with van der Waals surface area (Å²) in [5.74, 6) is 0.326. The van der Waals surface area contributed by atoms with Gasteiger partial charge in [0.05, 0.1) is 32.3 Å². The summed E-state index contributed by atoms with van der Waals surface area (Å²) in [5.41, 5.74) is 6.61. The number of nitrogens with zero attached hydrogens (tertiary/aromatic N) is 4. The maximum absolute atomic E-state index is 14.0. The molecule has 0 radical (unpaired) electrons. The topological polar surface area (TPSA) is 211 Å². The summed E-state index contributed by atoms with van der Waals surface area (Å²) in [6.45, 7) is 10.7. The van der Waals surface area contributed by atoms with E-state index in [-0.39, 0.29) is 60.8 Å². The second kappa shape index (κ2) is 17.7. The summed E-state index contributed by atoms with van der Waals surface area (Å²) < 4.78 is 44.0. The van der Waals surface area contributed by atoms with Crippen molar-refractivity contribution in [2.45, 2.75) is 83.9 Å². The zero-order valence-corrected chi connectivity index (χ0v) is 32.0. The van der Waals surface area contributed by atoms with E-state index < -0.39 is 42.6 Å². The van der Waals surface area contributed by atoms with Crippen molar-refractivity contribution in [1.82, 2.24) is 29.9 Å². The molecule has 0 aliphatic carbocycles. The van der Waals surface area contributed by atoms with Gasteiger partial charge in [-0.05, 0) is 39.7 Å². The molecule has 1 unspecified atom stereocenters. The molecule has 2 aromatic heterocycles. The number of nitrogens with two attached hydrogens (primary N) is 1. The first-order chi connectivity index (χ1) is 24.1. The van der Waals surface area contributed by atoms with E-state index in [1.54, 1.807) is 41.5 Å². The summed E-state index contributed by atoms with van der Waals surface area (Å²) in [6, 6.07) is 9.24. The minimum Gasteiger partial charge on any atom is -0.476 e. The maximum Gasteiger partial charge on any atom is 0.407 e. The Morgan fingerprint density at radius 1 is 1.24 bits per heavy atom. The van der Waals surface area contributed by atoms with Crippen molar-refractivity contribution in [3.63, 3.8) is 0 Å². The number of fused-ring (bicyclic) bond motifs is 1. The van der Waals surface area contributed by atoms with E-state index in [1.165, 1.54) is 10.9 Å². The Morgan fingerprint density at radius 2 is 1.96 bits per heavy atom. The van der Waals surface area contributed by atoms with Crippen LogP contribution in [0.25, 0.3) is 11.2 Å². The lowest BCUT2D eigenvalue weighted by molar-refractivity contribution is -0.118. The Labute approximate surface area is 306 Å². The van der Waals surface area contributed by atoms with Crippen molar-refractivity contribution in [1.29, 1.82) is 0 Å². The number of aliphatic hydroxyl groups is 1. The van der Waals surface area contributed by atoms with Crippen molar-refractivity contribution in [2.24, 2.45) is 5.41 Å². The molecule has 282 valence electrons. The van der Waals surface area contributed by atoms with Crippen molar-refractivity contribution in [2.75, 3.05) is 37.9 Å². The van der Waals surface area contributed by atoms with Crippen LogP contribution in [0.15, 0.2) is 36.7 Å². The quantitative estimate of drug-likeness (QED) is 0.0777. The molecular weight excluding hydrogens is 725 g/mol. The molecule has 19 heteroatoms. The van der Waals surface area contributed by atoms with Gasteiger partial charge < -0.3 is 30.4 Å². The Hall–Kier alpha value is -3.02. The van der Waals surface area contributed by atoms with Crippen LogP contribution < -0.4 is 20.9 Å². The van der Waals surface area contributed by atoms with Crippen LogP contribution in [0.5, 0.6) is 5.88 Å². The Balaban J connectivity index is 1.39. The number of benzene rings is 1. The van der Waals surface area contributed by atoms with Gasteiger partial charge in [0.15, 0.2) is 22.5 Å². The van der Waals surface area contributed by atoms with E-state index >= 15 is 0 Å². The summed E-state index contributed by atoms with van der Waals surface area (Å²) >= 11 is 7.90. The molecule has 4 rings (SSSR count).